The summed E-state index contributed by atoms with van der Waals surface area (Å²) in [4.78, 5) is 12.0. The van der Waals surface area contributed by atoms with Gasteiger partial charge in [0.1, 0.15) is 0 Å². The van der Waals surface area contributed by atoms with E-state index in [0.717, 1.165) is 17.5 Å². The van der Waals surface area contributed by atoms with Crippen LogP contribution in [0.1, 0.15) is 41.8 Å². The normalized spacial score (nSPS) is 12.5. The smallest absolute Gasteiger partial charge is 0.172 e. The molecule has 0 spiro atoms. The molecular weight excluding hydrogens is 216 g/mol. The molecule has 16 heavy (non-hydrogen) atoms. The number of Topliss-reactive ketones (excluding diaryl/α,β-unsaturated/α-hetero) is 1. The summed E-state index contributed by atoms with van der Waals surface area (Å²) in [6.45, 7) is 8.38. The minimum atomic E-state index is 0.253. The summed E-state index contributed by atoms with van der Waals surface area (Å²) in [5.41, 5.74) is 3.18. The number of ketones is 1. The lowest BCUT2D eigenvalue weighted by molar-refractivity contribution is 0.102. The molecular formula is C14H20OS. The highest BCUT2D eigenvalue weighted by Crippen LogP contribution is 2.18. The molecule has 1 atom stereocenters. The van der Waals surface area contributed by atoms with E-state index in [1.165, 1.54) is 5.56 Å². The first-order valence-electron chi connectivity index (χ1n) is 5.76. The standard InChI is InChI=1S/C14H20OS/c1-5-12(4)16-9-14(15)13-7-6-10(2)8-11(13)3/h6-8,12H,5,9H2,1-4H3. The first-order valence-corrected chi connectivity index (χ1v) is 6.81. The van der Waals surface area contributed by atoms with Crippen LogP contribution in [0.4, 0.5) is 0 Å². The van der Waals surface area contributed by atoms with Crippen LogP contribution >= 0.6 is 11.8 Å². The molecule has 0 bridgehead atoms. The van der Waals surface area contributed by atoms with Crippen LogP contribution in [0.2, 0.25) is 0 Å². The number of thioether (sulfide) groups is 1. The number of hydrogen-bond donors (Lipinski definition) is 0. The highest BCUT2D eigenvalue weighted by molar-refractivity contribution is 8.00. The Bertz CT molecular complexity index is 371. The molecule has 0 aliphatic heterocycles. The van der Waals surface area contributed by atoms with E-state index in [1.54, 1.807) is 11.8 Å². The van der Waals surface area contributed by atoms with Crippen LogP contribution in [0.15, 0.2) is 18.2 Å². The van der Waals surface area contributed by atoms with E-state index in [-0.39, 0.29) is 5.78 Å². The van der Waals surface area contributed by atoms with Crippen molar-refractivity contribution in [3.05, 3.63) is 34.9 Å². The maximum Gasteiger partial charge on any atom is 0.172 e. The highest BCUT2D eigenvalue weighted by Gasteiger charge is 2.10. The molecule has 0 radical (unpaired) electrons. The van der Waals surface area contributed by atoms with Crippen LogP contribution in [-0.2, 0) is 0 Å². The van der Waals surface area contributed by atoms with E-state index in [2.05, 4.69) is 26.8 Å². The fourth-order valence-electron chi connectivity index (χ4n) is 1.54. The molecule has 0 aliphatic carbocycles. The predicted molar refractivity (Wildman–Crippen MR) is 72.5 cm³/mol. The largest absolute Gasteiger partial charge is 0.293 e. The van der Waals surface area contributed by atoms with Gasteiger partial charge in [0.25, 0.3) is 0 Å². The lowest BCUT2D eigenvalue weighted by Gasteiger charge is -2.09. The Balaban J connectivity index is 2.66. The first kappa shape index (κ1) is 13.3. The monoisotopic (exact) mass is 236 g/mol. The molecule has 1 unspecified atom stereocenters. The van der Waals surface area contributed by atoms with Gasteiger partial charge in [0.2, 0.25) is 0 Å². The third kappa shape index (κ3) is 3.67. The second-order valence-electron chi connectivity index (χ2n) is 4.27. The number of carbonyl (C=O) groups is 1. The minimum Gasteiger partial charge on any atom is -0.293 e. The average molecular weight is 236 g/mol. The summed E-state index contributed by atoms with van der Waals surface area (Å²) < 4.78 is 0. The van der Waals surface area contributed by atoms with Crippen molar-refractivity contribution in [3.63, 3.8) is 0 Å². The summed E-state index contributed by atoms with van der Waals surface area (Å²) in [5.74, 6) is 0.849. The van der Waals surface area contributed by atoms with E-state index in [1.807, 2.05) is 19.1 Å². The summed E-state index contributed by atoms with van der Waals surface area (Å²) in [7, 11) is 0. The molecule has 1 rings (SSSR count). The Labute approximate surface area is 103 Å². The number of carbonyl (C=O) groups excluding carboxylic acids is 1. The van der Waals surface area contributed by atoms with Crippen molar-refractivity contribution in [1.82, 2.24) is 0 Å². The predicted octanol–water partition coefficient (Wildman–Crippen LogP) is 4.02. The van der Waals surface area contributed by atoms with Gasteiger partial charge in [-0.3, -0.25) is 4.79 Å². The number of hydrogen-bond acceptors (Lipinski definition) is 2. The number of benzene rings is 1. The number of rotatable bonds is 5. The van der Waals surface area contributed by atoms with Gasteiger partial charge < -0.3 is 0 Å². The van der Waals surface area contributed by atoms with E-state index in [9.17, 15) is 4.79 Å². The minimum absolute atomic E-state index is 0.253. The van der Waals surface area contributed by atoms with Gasteiger partial charge in [-0.25, -0.2) is 0 Å². The summed E-state index contributed by atoms with van der Waals surface area (Å²) in [6, 6.07) is 6.03. The molecule has 0 saturated carbocycles. The maximum absolute atomic E-state index is 12.0. The molecule has 0 saturated heterocycles. The van der Waals surface area contributed by atoms with Crippen LogP contribution in [0.3, 0.4) is 0 Å². The van der Waals surface area contributed by atoms with Crippen LogP contribution in [-0.4, -0.2) is 16.8 Å². The van der Waals surface area contributed by atoms with Crippen molar-refractivity contribution >= 4 is 17.5 Å². The van der Waals surface area contributed by atoms with Gasteiger partial charge in [0.15, 0.2) is 5.78 Å². The number of aryl methyl sites for hydroxylation is 2. The second-order valence-corrected chi connectivity index (χ2v) is 5.70. The maximum atomic E-state index is 12.0. The van der Waals surface area contributed by atoms with Crippen molar-refractivity contribution in [1.29, 1.82) is 0 Å². The van der Waals surface area contributed by atoms with Gasteiger partial charge in [0.05, 0.1) is 5.75 Å². The molecule has 0 aliphatic rings. The van der Waals surface area contributed by atoms with Gasteiger partial charge in [-0.05, 0) is 25.8 Å². The summed E-state index contributed by atoms with van der Waals surface area (Å²) in [5, 5.41) is 0.565. The van der Waals surface area contributed by atoms with Crippen molar-refractivity contribution in [2.45, 2.75) is 39.4 Å². The van der Waals surface area contributed by atoms with Crippen LogP contribution in [0.5, 0.6) is 0 Å². The average Bonchev–Trinajstić information content (AvgIpc) is 2.25. The summed E-state index contributed by atoms with van der Waals surface area (Å²) in [6.07, 6.45) is 1.12. The van der Waals surface area contributed by atoms with Crippen molar-refractivity contribution in [2.24, 2.45) is 0 Å². The van der Waals surface area contributed by atoms with Gasteiger partial charge in [-0.15, -0.1) is 0 Å². The molecule has 0 amide bonds. The van der Waals surface area contributed by atoms with Crippen molar-refractivity contribution in [2.75, 3.05) is 5.75 Å². The highest BCUT2D eigenvalue weighted by atomic mass is 32.2. The zero-order chi connectivity index (χ0) is 12.1. The van der Waals surface area contributed by atoms with E-state index in [4.69, 9.17) is 0 Å². The zero-order valence-electron chi connectivity index (χ0n) is 10.5. The molecule has 1 aromatic carbocycles. The molecule has 88 valence electrons. The Morgan fingerprint density at radius 1 is 1.38 bits per heavy atom. The van der Waals surface area contributed by atoms with Gasteiger partial charge in [0, 0.05) is 10.8 Å². The van der Waals surface area contributed by atoms with Gasteiger partial charge >= 0.3 is 0 Å². The van der Waals surface area contributed by atoms with Gasteiger partial charge in [-0.1, -0.05) is 37.6 Å². The lowest BCUT2D eigenvalue weighted by Crippen LogP contribution is -2.07. The van der Waals surface area contributed by atoms with Crippen molar-refractivity contribution in [3.8, 4) is 0 Å². The van der Waals surface area contributed by atoms with E-state index < -0.39 is 0 Å². The first-order chi connectivity index (χ1) is 7.54. The Kier molecular flexibility index (Phi) is 5.07. The van der Waals surface area contributed by atoms with Crippen LogP contribution in [0, 0.1) is 13.8 Å². The fraction of sp³-hybridized carbons (Fsp3) is 0.500. The Hall–Kier alpha value is -0.760. The van der Waals surface area contributed by atoms with E-state index in [0.29, 0.717) is 11.0 Å². The third-order valence-corrected chi connectivity index (χ3v) is 4.09. The van der Waals surface area contributed by atoms with Crippen LogP contribution < -0.4 is 0 Å². The van der Waals surface area contributed by atoms with Crippen LogP contribution in [0.25, 0.3) is 0 Å². The molecule has 0 heterocycles. The SMILES string of the molecule is CCC(C)SCC(=O)c1ccc(C)cc1C. The molecule has 0 aromatic heterocycles. The Morgan fingerprint density at radius 3 is 2.62 bits per heavy atom. The van der Waals surface area contributed by atoms with E-state index >= 15 is 0 Å². The second kappa shape index (κ2) is 6.09. The fourth-order valence-corrected chi connectivity index (χ4v) is 2.37. The molecule has 1 nitrogen and oxygen atoms in total. The summed E-state index contributed by atoms with van der Waals surface area (Å²) >= 11 is 1.74. The Morgan fingerprint density at radius 2 is 2.06 bits per heavy atom. The molecule has 1 aromatic rings. The molecule has 0 fully saturated rings. The zero-order valence-corrected chi connectivity index (χ0v) is 11.4. The lowest BCUT2D eigenvalue weighted by atomic mass is 10.0. The van der Waals surface area contributed by atoms with Crippen molar-refractivity contribution < 1.29 is 4.79 Å². The third-order valence-electron chi connectivity index (χ3n) is 2.76. The molecule has 0 N–H and O–H groups in total. The van der Waals surface area contributed by atoms with Gasteiger partial charge in [-0.2, -0.15) is 11.8 Å². The molecule has 2 heteroatoms. The topological polar surface area (TPSA) is 17.1 Å². The quantitative estimate of drug-likeness (QED) is 0.718.